The SMILES string of the molecule is C#CCC(Nc1c(C)cccc1[N+](=O)[O-])C(=O)O. The van der Waals surface area contributed by atoms with Crippen LogP contribution in [0.1, 0.15) is 12.0 Å². The molecule has 1 atom stereocenters. The molecular formula is C12H12N2O4. The number of carboxylic acids is 1. The van der Waals surface area contributed by atoms with E-state index < -0.39 is 16.9 Å². The number of nitrogens with zero attached hydrogens (tertiary/aromatic N) is 1. The molecule has 0 saturated heterocycles. The molecule has 1 unspecified atom stereocenters. The molecule has 0 aliphatic heterocycles. The van der Waals surface area contributed by atoms with E-state index in [-0.39, 0.29) is 17.8 Å². The third kappa shape index (κ3) is 2.98. The normalized spacial score (nSPS) is 11.3. The number of nitrogens with one attached hydrogen (secondary N) is 1. The first-order valence-electron chi connectivity index (χ1n) is 5.14. The summed E-state index contributed by atoms with van der Waals surface area (Å²) in [4.78, 5) is 21.3. The van der Waals surface area contributed by atoms with Gasteiger partial charge in [0.2, 0.25) is 0 Å². The molecule has 18 heavy (non-hydrogen) atoms. The first-order valence-corrected chi connectivity index (χ1v) is 5.14. The molecule has 0 fully saturated rings. The summed E-state index contributed by atoms with van der Waals surface area (Å²) in [7, 11) is 0. The summed E-state index contributed by atoms with van der Waals surface area (Å²) >= 11 is 0. The van der Waals surface area contributed by atoms with Gasteiger partial charge in [-0.15, -0.1) is 12.3 Å². The lowest BCUT2D eigenvalue weighted by Gasteiger charge is -2.15. The maximum Gasteiger partial charge on any atom is 0.327 e. The van der Waals surface area contributed by atoms with Gasteiger partial charge in [0.1, 0.15) is 11.7 Å². The average Bonchev–Trinajstić information content (AvgIpc) is 2.30. The molecule has 0 radical (unpaired) electrons. The number of carboxylic acid groups (broad SMARTS) is 1. The lowest BCUT2D eigenvalue weighted by Crippen LogP contribution is -2.29. The number of nitro benzene ring substituents is 1. The molecule has 6 heteroatoms. The van der Waals surface area contributed by atoms with Crippen LogP contribution < -0.4 is 5.32 Å². The maximum absolute atomic E-state index is 11.0. The molecule has 0 amide bonds. The van der Waals surface area contributed by atoms with Crippen LogP contribution in [0.3, 0.4) is 0 Å². The summed E-state index contributed by atoms with van der Waals surface area (Å²) in [6.07, 6.45) is 5.01. The van der Waals surface area contributed by atoms with Gasteiger partial charge in [0, 0.05) is 12.5 Å². The van der Waals surface area contributed by atoms with Gasteiger partial charge in [-0.3, -0.25) is 10.1 Å². The van der Waals surface area contributed by atoms with E-state index in [0.29, 0.717) is 5.56 Å². The Morgan fingerprint density at radius 2 is 2.33 bits per heavy atom. The molecule has 0 saturated carbocycles. The first-order chi connectivity index (χ1) is 8.47. The number of nitro groups is 1. The number of hydrogen-bond donors (Lipinski definition) is 2. The third-order valence-electron chi connectivity index (χ3n) is 2.39. The molecule has 2 N–H and O–H groups in total. The standard InChI is InChI=1S/C12H12N2O4/c1-3-5-9(12(15)16)13-11-8(2)6-4-7-10(11)14(17)18/h1,4,6-7,9,13H,5H2,2H3,(H,15,16). The van der Waals surface area contributed by atoms with Gasteiger partial charge in [-0.1, -0.05) is 12.1 Å². The summed E-state index contributed by atoms with van der Waals surface area (Å²) in [6, 6.07) is 3.46. The van der Waals surface area contributed by atoms with Crippen LogP contribution in [-0.4, -0.2) is 22.0 Å². The van der Waals surface area contributed by atoms with E-state index in [1.165, 1.54) is 12.1 Å². The van der Waals surface area contributed by atoms with E-state index in [4.69, 9.17) is 11.5 Å². The van der Waals surface area contributed by atoms with Gasteiger partial charge in [-0.25, -0.2) is 4.79 Å². The van der Waals surface area contributed by atoms with Crippen LogP contribution in [-0.2, 0) is 4.79 Å². The topological polar surface area (TPSA) is 92.5 Å². The number of terminal acetylenes is 1. The Labute approximate surface area is 104 Å². The Morgan fingerprint density at radius 1 is 1.67 bits per heavy atom. The molecular weight excluding hydrogens is 236 g/mol. The zero-order chi connectivity index (χ0) is 13.7. The number of rotatable bonds is 5. The van der Waals surface area contributed by atoms with Crippen LogP contribution >= 0.6 is 0 Å². The fourth-order valence-corrected chi connectivity index (χ4v) is 1.48. The van der Waals surface area contributed by atoms with Crippen LogP contribution in [0.25, 0.3) is 0 Å². The molecule has 1 aromatic rings. The molecule has 1 rings (SSSR count). The lowest BCUT2D eigenvalue weighted by molar-refractivity contribution is -0.384. The number of carbonyl (C=O) groups is 1. The van der Waals surface area contributed by atoms with Crippen molar-refractivity contribution in [1.82, 2.24) is 0 Å². The number of hydrogen-bond acceptors (Lipinski definition) is 4. The monoisotopic (exact) mass is 248 g/mol. The van der Waals surface area contributed by atoms with E-state index in [1.807, 2.05) is 0 Å². The molecule has 6 nitrogen and oxygen atoms in total. The number of para-hydroxylation sites is 1. The minimum atomic E-state index is -1.15. The molecule has 1 aromatic carbocycles. The van der Waals surface area contributed by atoms with Gasteiger partial charge < -0.3 is 10.4 Å². The number of aliphatic carboxylic acids is 1. The number of aryl methyl sites for hydroxylation is 1. The third-order valence-corrected chi connectivity index (χ3v) is 2.39. The van der Waals surface area contributed by atoms with E-state index >= 15 is 0 Å². The molecule has 0 heterocycles. The minimum Gasteiger partial charge on any atom is -0.480 e. The molecule has 0 spiro atoms. The predicted molar refractivity (Wildman–Crippen MR) is 66.3 cm³/mol. The molecule has 0 aliphatic rings. The quantitative estimate of drug-likeness (QED) is 0.471. The van der Waals surface area contributed by atoms with E-state index in [1.54, 1.807) is 13.0 Å². The van der Waals surface area contributed by atoms with Crippen molar-refractivity contribution < 1.29 is 14.8 Å². The van der Waals surface area contributed by atoms with Crippen LogP contribution in [0.2, 0.25) is 0 Å². The second kappa shape index (κ2) is 5.68. The van der Waals surface area contributed by atoms with Gasteiger partial charge in [0.15, 0.2) is 0 Å². The van der Waals surface area contributed by atoms with Crippen molar-refractivity contribution in [2.75, 3.05) is 5.32 Å². The van der Waals surface area contributed by atoms with E-state index in [0.717, 1.165) is 0 Å². The summed E-state index contributed by atoms with van der Waals surface area (Å²) in [5.74, 6) is 1.08. The van der Waals surface area contributed by atoms with Crippen molar-refractivity contribution in [3.63, 3.8) is 0 Å². The minimum absolute atomic E-state index is 0.0547. The highest BCUT2D eigenvalue weighted by atomic mass is 16.6. The fourth-order valence-electron chi connectivity index (χ4n) is 1.48. The van der Waals surface area contributed by atoms with Gasteiger partial charge in [-0.2, -0.15) is 0 Å². The Bertz CT molecular complexity index is 519. The van der Waals surface area contributed by atoms with Crippen LogP contribution in [0.15, 0.2) is 18.2 Å². The van der Waals surface area contributed by atoms with Crippen LogP contribution in [0.5, 0.6) is 0 Å². The lowest BCUT2D eigenvalue weighted by atomic mass is 10.1. The Morgan fingerprint density at radius 3 is 2.83 bits per heavy atom. The van der Waals surface area contributed by atoms with Crippen molar-refractivity contribution in [1.29, 1.82) is 0 Å². The van der Waals surface area contributed by atoms with E-state index in [2.05, 4.69) is 11.2 Å². The van der Waals surface area contributed by atoms with Gasteiger partial charge in [0.05, 0.1) is 4.92 Å². The maximum atomic E-state index is 11.0. The second-order valence-corrected chi connectivity index (χ2v) is 3.67. The van der Waals surface area contributed by atoms with Crippen molar-refractivity contribution >= 4 is 17.3 Å². The van der Waals surface area contributed by atoms with Crippen molar-refractivity contribution in [3.05, 3.63) is 33.9 Å². The second-order valence-electron chi connectivity index (χ2n) is 3.67. The molecule has 0 bridgehead atoms. The fraction of sp³-hybridized carbons (Fsp3) is 0.250. The van der Waals surface area contributed by atoms with Gasteiger partial charge in [0.25, 0.3) is 5.69 Å². The highest BCUT2D eigenvalue weighted by molar-refractivity contribution is 5.80. The van der Waals surface area contributed by atoms with Crippen molar-refractivity contribution in [2.45, 2.75) is 19.4 Å². The zero-order valence-corrected chi connectivity index (χ0v) is 9.71. The largest absolute Gasteiger partial charge is 0.480 e. The average molecular weight is 248 g/mol. The Balaban J connectivity index is 3.13. The highest BCUT2D eigenvalue weighted by Gasteiger charge is 2.22. The number of benzene rings is 1. The van der Waals surface area contributed by atoms with Gasteiger partial charge in [-0.05, 0) is 12.5 Å². The van der Waals surface area contributed by atoms with Crippen molar-refractivity contribution in [2.24, 2.45) is 0 Å². The molecule has 0 aliphatic carbocycles. The predicted octanol–water partition coefficient (Wildman–Crippen LogP) is 1.79. The van der Waals surface area contributed by atoms with E-state index in [9.17, 15) is 14.9 Å². The highest BCUT2D eigenvalue weighted by Crippen LogP contribution is 2.28. The number of anilines is 1. The Kier molecular flexibility index (Phi) is 4.27. The smallest absolute Gasteiger partial charge is 0.327 e. The molecule has 0 aromatic heterocycles. The summed E-state index contributed by atoms with van der Waals surface area (Å²) < 4.78 is 0. The van der Waals surface area contributed by atoms with Gasteiger partial charge >= 0.3 is 5.97 Å². The first kappa shape index (κ1) is 13.5. The van der Waals surface area contributed by atoms with Crippen LogP contribution in [0.4, 0.5) is 11.4 Å². The Hall–Kier alpha value is -2.55. The zero-order valence-electron chi connectivity index (χ0n) is 9.71. The summed E-state index contributed by atoms with van der Waals surface area (Å²) in [5, 5.41) is 22.4. The summed E-state index contributed by atoms with van der Waals surface area (Å²) in [5.41, 5.74) is 0.607. The van der Waals surface area contributed by atoms with Crippen LogP contribution in [0, 0.1) is 29.4 Å². The molecule has 94 valence electrons. The van der Waals surface area contributed by atoms with Crippen molar-refractivity contribution in [3.8, 4) is 12.3 Å². The summed E-state index contributed by atoms with van der Waals surface area (Å²) in [6.45, 7) is 1.66.